The third-order valence-corrected chi connectivity index (χ3v) is 13.0. The maximum atomic E-state index is 6.74. The van der Waals surface area contributed by atoms with E-state index in [0.717, 1.165) is 16.3 Å². The number of hydrogen-bond acceptors (Lipinski definition) is 4. The second-order valence-corrected chi connectivity index (χ2v) is 15.1. The second kappa shape index (κ2) is 6.23. The molecule has 30 heavy (non-hydrogen) atoms. The van der Waals surface area contributed by atoms with Gasteiger partial charge in [0.1, 0.15) is 19.2 Å². The molecule has 2 aromatic carbocycles. The van der Waals surface area contributed by atoms with Crippen LogP contribution in [0, 0.1) is 6.92 Å². The average molecular weight is 446 g/mol. The average Bonchev–Trinajstić information content (AvgIpc) is 3.36. The van der Waals surface area contributed by atoms with Crippen LogP contribution < -0.4 is 19.0 Å². The van der Waals surface area contributed by atoms with Gasteiger partial charge in [-0.25, -0.2) is 4.57 Å². The van der Waals surface area contributed by atoms with Crippen LogP contribution in [0.2, 0.25) is 13.1 Å². The van der Waals surface area contributed by atoms with Crippen LogP contribution >= 0.6 is 22.7 Å². The molecule has 0 unspecified atom stereocenters. The first-order valence-electron chi connectivity index (χ1n) is 10.0. The third-order valence-electron chi connectivity index (χ3n) is 6.28. The molecule has 4 heterocycles. The maximum Gasteiger partial charge on any atom is 0.288 e. The van der Waals surface area contributed by atoms with Crippen LogP contribution in [0.15, 0.2) is 54.2 Å². The fourth-order valence-electron chi connectivity index (χ4n) is 4.61. The molecule has 0 aliphatic carbocycles. The zero-order chi connectivity index (χ0) is 20.6. The normalized spacial score (nSPS) is 12.9. The van der Waals surface area contributed by atoms with Crippen molar-refractivity contribution in [3.63, 3.8) is 0 Å². The quantitative estimate of drug-likeness (QED) is 0.269. The molecule has 3 nitrogen and oxygen atoms in total. The van der Waals surface area contributed by atoms with Crippen molar-refractivity contribution >= 4 is 60.7 Å². The van der Waals surface area contributed by atoms with Crippen LogP contribution in [0.25, 0.3) is 31.6 Å². The van der Waals surface area contributed by atoms with Crippen LogP contribution in [0.1, 0.15) is 5.56 Å². The van der Waals surface area contributed by atoms with Crippen molar-refractivity contribution in [3.05, 3.63) is 59.7 Å². The van der Waals surface area contributed by atoms with Gasteiger partial charge >= 0.3 is 0 Å². The Morgan fingerprint density at radius 2 is 1.90 bits per heavy atom. The predicted octanol–water partition coefficient (Wildman–Crippen LogP) is 5.24. The minimum atomic E-state index is -1.94. The number of benzene rings is 2. The largest absolute Gasteiger partial charge is 0.455 e. The fraction of sp³-hybridized carbons (Fsp3) is 0.167. The van der Waals surface area contributed by atoms with Crippen molar-refractivity contribution in [2.24, 2.45) is 7.05 Å². The first-order valence-corrected chi connectivity index (χ1v) is 14.7. The smallest absolute Gasteiger partial charge is 0.288 e. The lowest BCUT2D eigenvalue weighted by molar-refractivity contribution is -0.662. The molecule has 0 spiro atoms. The summed E-state index contributed by atoms with van der Waals surface area (Å²) in [4.78, 5) is 5.86. The summed E-state index contributed by atoms with van der Waals surface area (Å²) in [5.41, 5.74) is 3.71. The van der Waals surface area contributed by atoms with E-state index in [2.05, 4.69) is 79.5 Å². The molecule has 0 saturated carbocycles. The van der Waals surface area contributed by atoms with E-state index >= 15 is 0 Å². The number of aryl methyl sites for hydroxylation is 2. The summed E-state index contributed by atoms with van der Waals surface area (Å²) in [7, 11) is 0.153. The first kappa shape index (κ1) is 18.2. The molecule has 6 rings (SSSR count). The van der Waals surface area contributed by atoms with Gasteiger partial charge in [-0.1, -0.05) is 59.9 Å². The standard InChI is InChI=1S/C24H21N2OS2Si/c1-14-16-10-11-28-18(16)12-17-19(14)21-20-22(27-17)24(29-23(20)25-13-26(21)2)30(3,4)15-8-6-5-7-9-15/h5-13H,1-4H3/q+1. The Morgan fingerprint density at radius 3 is 2.70 bits per heavy atom. The van der Waals surface area contributed by atoms with Gasteiger partial charge in [0.05, 0.1) is 12.6 Å². The topological polar surface area (TPSA) is 26.0 Å². The molecule has 0 amide bonds. The van der Waals surface area contributed by atoms with Gasteiger partial charge in [0.15, 0.2) is 11.4 Å². The van der Waals surface area contributed by atoms with E-state index in [1.807, 2.05) is 17.7 Å². The lowest BCUT2D eigenvalue weighted by Gasteiger charge is -2.25. The Bertz CT molecular complexity index is 1470. The molecule has 0 atom stereocenters. The monoisotopic (exact) mass is 445 g/mol. The van der Waals surface area contributed by atoms with Crippen molar-refractivity contribution in [2.45, 2.75) is 20.0 Å². The van der Waals surface area contributed by atoms with Crippen molar-refractivity contribution in [2.75, 3.05) is 0 Å². The Morgan fingerprint density at radius 1 is 1.10 bits per heavy atom. The lowest BCUT2D eigenvalue weighted by Crippen LogP contribution is -2.51. The number of fused-ring (bicyclic) bond motifs is 3. The molecule has 0 N–H and O–H groups in total. The molecule has 3 aromatic heterocycles. The molecular formula is C24H21N2OS2Si+. The van der Waals surface area contributed by atoms with Gasteiger partial charge in [0.25, 0.3) is 6.33 Å². The summed E-state index contributed by atoms with van der Waals surface area (Å²) in [6.45, 7) is 7.04. The first-order chi connectivity index (χ1) is 14.5. The molecule has 5 aromatic rings. The zero-order valence-corrected chi connectivity index (χ0v) is 19.9. The molecule has 1 aliphatic rings. The van der Waals surface area contributed by atoms with Crippen LogP contribution in [0.4, 0.5) is 0 Å². The number of ether oxygens (including phenoxy) is 1. The highest BCUT2D eigenvalue weighted by Crippen LogP contribution is 2.50. The summed E-state index contributed by atoms with van der Waals surface area (Å²) in [5, 5.41) is 6.06. The second-order valence-electron chi connectivity index (χ2n) is 8.44. The van der Waals surface area contributed by atoms with E-state index in [1.54, 1.807) is 11.3 Å². The fourth-order valence-corrected chi connectivity index (χ4v) is 10.0. The summed E-state index contributed by atoms with van der Waals surface area (Å²) in [6.07, 6.45) is 1.95. The van der Waals surface area contributed by atoms with Crippen molar-refractivity contribution in [3.8, 4) is 22.8 Å². The van der Waals surface area contributed by atoms with Gasteiger partial charge in [-0.05, 0) is 40.4 Å². The van der Waals surface area contributed by atoms with Gasteiger partial charge in [-0.3, -0.25) is 0 Å². The molecular weight excluding hydrogens is 424 g/mol. The molecule has 1 aliphatic heterocycles. The molecule has 0 bridgehead atoms. The Hall–Kier alpha value is -2.54. The molecule has 0 saturated heterocycles. The van der Waals surface area contributed by atoms with Crippen molar-refractivity contribution in [1.29, 1.82) is 0 Å². The van der Waals surface area contributed by atoms with E-state index < -0.39 is 8.07 Å². The van der Waals surface area contributed by atoms with Gasteiger partial charge in [-0.2, -0.15) is 0 Å². The minimum absolute atomic E-state index is 0.968. The van der Waals surface area contributed by atoms with E-state index in [1.165, 1.54) is 42.0 Å². The SMILES string of the molecule is Cc1c2c(cc3sccc13)Oc1c([Si](C)(C)c3ccccc3)sc3nc[n+](C)c-2c13. The highest BCUT2D eigenvalue weighted by molar-refractivity contribution is 7.34. The van der Waals surface area contributed by atoms with Crippen LogP contribution in [0.5, 0.6) is 11.5 Å². The van der Waals surface area contributed by atoms with Crippen LogP contribution in [-0.4, -0.2) is 13.1 Å². The molecule has 6 heteroatoms. The van der Waals surface area contributed by atoms with Gasteiger partial charge in [-0.15, -0.1) is 11.3 Å². The van der Waals surface area contributed by atoms with E-state index in [9.17, 15) is 0 Å². The number of aromatic nitrogens is 2. The van der Waals surface area contributed by atoms with Gasteiger partial charge in [0, 0.05) is 9.20 Å². The van der Waals surface area contributed by atoms with Crippen LogP contribution in [-0.2, 0) is 7.05 Å². The number of thiophene rings is 2. The minimum Gasteiger partial charge on any atom is -0.455 e. The maximum absolute atomic E-state index is 6.74. The molecule has 148 valence electrons. The summed E-state index contributed by atoms with van der Waals surface area (Å²) >= 11 is 3.58. The van der Waals surface area contributed by atoms with Gasteiger partial charge in [0.2, 0.25) is 4.83 Å². The van der Waals surface area contributed by atoms with E-state index in [0.29, 0.717) is 0 Å². The predicted molar refractivity (Wildman–Crippen MR) is 130 cm³/mol. The number of nitrogens with zero attached hydrogens (tertiary/aromatic N) is 2. The van der Waals surface area contributed by atoms with Crippen molar-refractivity contribution in [1.82, 2.24) is 4.98 Å². The van der Waals surface area contributed by atoms with Gasteiger partial charge < -0.3 is 4.74 Å². The molecule has 0 radical (unpaired) electrons. The molecule has 0 fully saturated rings. The Balaban J connectivity index is 1.71. The third kappa shape index (κ3) is 2.35. The number of hydrogen-bond donors (Lipinski definition) is 0. The van der Waals surface area contributed by atoms with E-state index in [-0.39, 0.29) is 0 Å². The Labute approximate surface area is 184 Å². The van der Waals surface area contributed by atoms with E-state index in [4.69, 9.17) is 9.72 Å². The lowest BCUT2D eigenvalue weighted by atomic mass is 9.97. The Kier molecular flexibility index (Phi) is 3.79. The highest BCUT2D eigenvalue weighted by Gasteiger charge is 2.39. The summed E-state index contributed by atoms with van der Waals surface area (Å²) < 4.78 is 11.5. The highest BCUT2D eigenvalue weighted by atomic mass is 32.1. The van der Waals surface area contributed by atoms with Crippen LogP contribution in [0.3, 0.4) is 0 Å². The zero-order valence-electron chi connectivity index (χ0n) is 17.3. The summed E-state index contributed by atoms with van der Waals surface area (Å²) in [6, 6.07) is 15.3. The summed E-state index contributed by atoms with van der Waals surface area (Å²) in [5.74, 6) is 1.99. The number of rotatable bonds is 2. The van der Waals surface area contributed by atoms with Crippen molar-refractivity contribution < 1.29 is 9.30 Å².